The maximum absolute atomic E-state index is 12.9. The summed E-state index contributed by atoms with van der Waals surface area (Å²) >= 11 is 0. The molecule has 1 fully saturated rings. The maximum atomic E-state index is 12.9. The van der Waals surface area contributed by atoms with Gasteiger partial charge in [-0.05, 0) is 50.4 Å². The van der Waals surface area contributed by atoms with Crippen molar-refractivity contribution in [1.82, 2.24) is 10.2 Å². The Morgan fingerprint density at radius 1 is 1.38 bits per heavy atom. The number of piperidine rings is 1. The van der Waals surface area contributed by atoms with Crippen LogP contribution in [0.3, 0.4) is 0 Å². The summed E-state index contributed by atoms with van der Waals surface area (Å²) in [7, 11) is 1.82. The van der Waals surface area contributed by atoms with Crippen molar-refractivity contribution < 1.29 is 9.18 Å². The van der Waals surface area contributed by atoms with Gasteiger partial charge in [-0.1, -0.05) is 18.6 Å². The zero-order chi connectivity index (χ0) is 15.2. The van der Waals surface area contributed by atoms with Crippen LogP contribution in [0.25, 0.3) is 0 Å². The van der Waals surface area contributed by atoms with Gasteiger partial charge in [-0.2, -0.15) is 0 Å². The van der Waals surface area contributed by atoms with Gasteiger partial charge in [0.15, 0.2) is 0 Å². The second-order valence-corrected chi connectivity index (χ2v) is 5.92. The first kappa shape index (κ1) is 16.0. The lowest BCUT2D eigenvalue weighted by Crippen LogP contribution is -2.36. The molecule has 3 nitrogen and oxygen atoms in total. The molecular weight excluding hydrogens is 267 g/mol. The molecular formula is C17H25FN2O. The van der Waals surface area contributed by atoms with Crippen LogP contribution >= 0.6 is 0 Å². The Morgan fingerprint density at radius 3 is 2.71 bits per heavy atom. The highest BCUT2D eigenvalue weighted by atomic mass is 19.1. The Labute approximate surface area is 126 Å². The molecule has 0 bridgehead atoms. The molecule has 0 radical (unpaired) electrons. The van der Waals surface area contributed by atoms with Crippen LogP contribution < -0.4 is 5.32 Å². The van der Waals surface area contributed by atoms with E-state index in [-0.39, 0.29) is 17.8 Å². The van der Waals surface area contributed by atoms with Gasteiger partial charge in [-0.15, -0.1) is 0 Å². The molecule has 1 heterocycles. The van der Waals surface area contributed by atoms with Crippen molar-refractivity contribution in [3.63, 3.8) is 0 Å². The maximum Gasteiger partial charge on any atom is 0.222 e. The second kappa shape index (κ2) is 7.55. The van der Waals surface area contributed by atoms with E-state index >= 15 is 0 Å². The predicted octanol–water partition coefficient (Wildman–Crippen LogP) is 3.27. The number of hydrogen-bond acceptors (Lipinski definition) is 2. The van der Waals surface area contributed by atoms with Crippen LogP contribution in [0.5, 0.6) is 0 Å². The molecule has 0 saturated carbocycles. The third kappa shape index (κ3) is 4.53. The van der Waals surface area contributed by atoms with Gasteiger partial charge in [0, 0.05) is 19.5 Å². The number of carbonyl (C=O) groups is 1. The van der Waals surface area contributed by atoms with E-state index in [0.717, 1.165) is 18.5 Å². The fourth-order valence-electron chi connectivity index (χ4n) is 2.83. The number of nitrogens with one attached hydrogen (secondary N) is 1. The minimum Gasteiger partial charge on any atom is -0.339 e. The summed E-state index contributed by atoms with van der Waals surface area (Å²) in [6.45, 7) is 3.05. The van der Waals surface area contributed by atoms with E-state index in [2.05, 4.69) is 5.32 Å². The van der Waals surface area contributed by atoms with E-state index in [1.807, 2.05) is 14.0 Å². The largest absolute Gasteiger partial charge is 0.339 e. The van der Waals surface area contributed by atoms with Gasteiger partial charge >= 0.3 is 0 Å². The average Bonchev–Trinajstić information content (AvgIpc) is 2.53. The normalized spacial score (nSPS) is 20.0. The molecule has 21 heavy (non-hydrogen) atoms. The molecule has 0 aliphatic carbocycles. The molecule has 2 atom stereocenters. The van der Waals surface area contributed by atoms with E-state index in [4.69, 9.17) is 0 Å². The fourth-order valence-corrected chi connectivity index (χ4v) is 2.83. The van der Waals surface area contributed by atoms with Crippen LogP contribution in [0.15, 0.2) is 24.3 Å². The van der Waals surface area contributed by atoms with Crippen molar-refractivity contribution in [2.45, 2.75) is 51.1 Å². The molecule has 1 N–H and O–H groups in total. The Kier molecular flexibility index (Phi) is 5.74. The standard InChI is InChI=1S/C17H25FN2O/c1-13(14-6-8-15(18)9-7-14)20(2)17(21)11-10-16-5-3-4-12-19-16/h6-9,13,16,19H,3-5,10-12H2,1-2H3. The number of rotatable bonds is 5. The molecule has 1 aliphatic heterocycles. The minimum absolute atomic E-state index is 0.0302. The fraction of sp³-hybridized carbons (Fsp3) is 0.588. The predicted molar refractivity (Wildman–Crippen MR) is 82.5 cm³/mol. The van der Waals surface area contributed by atoms with E-state index in [1.165, 1.54) is 31.4 Å². The van der Waals surface area contributed by atoms with Crippen molar-refractivity contribution in [2.24, 2.45) is 0 Å². The lowest BCUT2D eigenvalue weighted by atomic mass is 10.00. The molecule has 0 spiro atoms. The van der Waals surface area contributed by atoms with Crippen LogP contribution in [0.1, 0.15) is 50.6 Å². The first-order chi connectivity index (χ1) is 10.1. The van der Waals surface area contributed by atoms with Gasteiger partial charge in [-0.3, -0.25) is 4.79 Å². The molecule has 1 aromatic carbocycles. The molecule has 2 unspecified atom stereocenters. The van der Waals surface area contributed by atoms with Gasteiger partial charge < -0.3 is 10.2 Å². The molecule has 0 aromatic heterocycles. The lowest BCUT2D eigenvalue weighted by Gasteiger charge is -2.27. The van der Waals surface area contributed by atoms with Gasteiger partial charge in [0.05, 0.1) is 6.04 Å². The van der Waals surface area contributed by atoms with Gasteiger partial charge in [0.1, 0.15) is 5.82 Å². The summed E-state index contributed by atoms with van der Waals surface area (Å²) in [4.78, 5) is 14.1. The van der Waals surface area contributed by atoms with Gasteiger partial charge in [0.25, 0.3) is 0 Å². The highest BCUT2D eigenvalue weighted by molar-refractivity contribution is 5.76. The minimum atomic E-state index is -0.247. The van der Waals surface area contributed by atoms with Crippen LogP contribution in [0, 0.1) is 5.82 Å². The van der Waals surface area contributed by atoms with E-state index in [0.29, 0.717) is 12.5 Å². The number of amides is 1. The quantitative estimate of drug-likeness (QED) is 0.903. The molecule has 1 aliphatic rings. The third-order valence-corrected chi connectivity index (χ3v) is 4.45. The summed E-state index contributed by atoms with van der Waals surface area (Å²) in [6, 6.07) is 6.82. The van der Waals surface area contributed by atoms with E-state index in [9.17, 15) is 9.18 Å². The van der Waals surface area contributed by atoms with Crippen molar-refractivity contribution in [3.05, 3.63) is 35.6 Å². The Balaban J connectivity index is 1.84. The highest BCUT2D eigenvalue weighted by Gasteiger charge is 2.19. The summed E-state index contributed by atoms with van der Waals surface area (Å²) in [5.41, 5.74) is 0.961. The molecule has 116 valence electrons. The third-order valence-electron chi connectivity index (χ3n) is 4.45. The second-order valence-electron chi connectivity index (χ2n) is 5.92. The average molecular weight is 292 g/mol. The summed E-state index contributed by atoms with van der Waals surface area (Å²) in [5.74, 6) is -0.0949. The summed E-state index contributed by atoms with van der Waals surface area (Å²) in [5, 5.41) is 3.47. The van der Waals surface area contributed by atoms with Crippen molar-refractivity contribution >= 4 is 5.91 Å². The summed E-state index contributed by atoms with van der Waals surface area (Å²) in [6.07, 6.45) is 5.14. The molecule has 2 rings (SSSR count). The van der Waals surface area contributed by atoms with Crippen LogP contribution in [-0.2, 0) is 4.79 Å². The SMILES string of the molecule is CC(c1ccc(F)cc1)N(C)C(=O)CCC1CCCCN1. The molecule has 1 saturated heterocycles. The van der Waals surface area contributed by atoms with E-state index in [1.54, 1.807) is 17.0 Å². The van der Waals surface area contributed by atoms with Crippen LogP contribution in [0.4, 0.5) is 4.39 Å². The Hall–Kier alpha value is -1.42. The number of carbonyl (C=O) groups excluding carboxylic acids is 1. The van der Waals surface area contributed by atoms with Gasteiger partial charge in [0.2, 0.25) is 5.91 Å². The Morgan fingerprint density at radius 2 is 2.10 bits per heavy atom. The zero-order valence-electron chi connectivity index (χ0n) is 12.9. The van der Waals surface area contributed by atoms with Crippen LogP contribution in [0.2, 0.25) is 0 Å². The number of halogens is 1. The number of benzene rings is 1. The van der Waals surface area contributed by atoms with Crippen molar-refractivity contribution in [1.29, 1.82) is 0 Å². The van der Waals surface area contributed by atoms with Crippen molar-refractivity contribution in [3.8, 4) is 0 Å². The number of nitrogens with zero attached hydrogens (tertiary/aromatic N) is 1. The van der Waals surface area contributed by atoms with Gasteiger partial charge in [-0.25, -0.2) is 4.39 Å². The lowest BCUT2D eigenvalue weighted by molar-refractivity contribution is -0.132. The first-order valence-electron chi connectivity index (χ1n) is 7.82. The van der Waals surface area contributed by atoms with Crippen LogP contribution in [-0.4, -0.2) is 30.4 Å². The number of hydrogen-bond donors (Lipinski definition) is 1. The summed E-state index contributed by atoms with van der Waals surface area (Å²) < 4.78 is 12.9. The smallest absolute Gasteiger partial charge is 0.222 e. The highest BCUT2D eigenvalue weighted by Crippen LogP contribution is 2.21. The first-order valence-corrected chi connectivity index (χ1v) is 7.82. The Bertz CT molecular complexity index is 454. The molecule has 1 amide bonds. The molecule has 1 aromatic rings. The molecule has 4 heteroatoms. The topological polar surface area (TPSA) is 32.3 Å². The monoisotopic (exact) mass is 292 g/mol. The van der Waals surface area contributed by atoms with E-state index < -0.39 is 0 Å². The van der Waals surface area contributed by atoms with Crippen molar-refractivity contribution in [2.75, 3.05) is 13.6 Å². The zero-order valence-corrected chi connectivity index (χ0v) is 12.9.